The number of rotatable bonds is 8. The van der Waals surface area contributed by atoms with Gasteiger partial charge in [-0.25, -0.2) is 0 Å². The second-order valence-corrected chi connectivity index (χ2v) is 9.61. The van der Waals surface area contributed by atoms with Crippen LogP contribution < -0.4 is 9.50 Å². The average molecular weight is 467 g/mol. The van der Waals surface area contributed by atoms with Crippen molar-refractivity contribution in [1.29, 1.82) is 0 Å². The van der Waals surface area contributed by atoms with Gasteiger partial charge >= 0.3 is 10.1 Å². The maximum atomic E-state index is 12.4. The Morgan fingerprint density at radius 2 is 1.97 bits per heavy atom. The largest absolute Gasteiger partial charge is 0.379 e. The van der Waals surface area contributed by atoms with Gasteiger partial charge in [-0.3, -0.25) is 20.2 Å². The highest BCUT2D eigenvalue weighted by Gasteiger charge is 2.20. The smallest absolute Gasteiger partial charge is 0.339 e. The van der Waals surface area contributed by atoms with Gasteiger partial charge in [0.1, 0.15) is 10.6 Å². The van der Waals surface area contributed by atoms with Gasteiger partial charge in [0.15, 0.2) is 4.34 Å². The van der Waals surface area contributed by atoms with Gasteiger partial charge in [0.2, 0.25) is 5.13 Å². The molecule has 0 aliphatic heterocycles. The van der Waals surface area contributed by atoms with Gasteiger partial charge in [0.05, 0.1) is 4.92 Å². The lowest BCUT2D eigenvalue weighted by atomic mass is 10.2. The highest BCUT2D eigenvalue weighted by molar-refractivity contribution is 8.01. The molecule has 1 N–H and O–H groups in total. The van der Waals surface area contributed by atoms with Crippen molar-refractivity contribution in [1.82, 2.24) is 10.2 Å². The Morgan fingerprint density at radius 1 is 1.23 bits per heavy atom. The topological polar surface area (TPSA) is 141 Å². The monoisotopic (exact) mass is 466 g/mol. The molecule has 0 fully saturated rings. The summed E-state index contributed by atoms with van der Waals surface area (Å²) < 4.78 is 30.4. The molecule has 3 aromatic rings. The summed E-state index contributed by atoms with van der Waals surface area (Å²) in [6.45, 7) is 1.98. The van der Waals surface area contributed by atoms with E-state index in [1.165, 1.54) is 65.6 Å². The third-order valence-corrected chi connectivity index (χ3v) is 6.63. The second kappa shape index (κ2) is 9.19. The van der Waals surface area contributed by atoms with E-state index in [1.54, 1.807) is 0 Å². The molecule has 13 heteroatoms. The molecule has 0 unspecified atom stereocenters. The molecule has 2 aromatic carbocycles. The van der Waals surface area contributed by atoms with E-state index in [0.717, 1.165) is 16.2 Å². The number of hydrogen-bond acceptors (Lipinski definition) is 10. The van der Waals surface area contributed by atoms with Gasteiger partial charge in [-0.1, -0.05) is 36.1 Å². The van der Waals surface area contributed by atoms with Crippen LogP contribution in [-0.4, -0.2) is 35.2 Å². The van der Waals surface area contributed by atoms with Gasteiger partial charge in [0.25, 0.3) is 11.6 Å². The Morgan fingerprint density at radius 3 is 2.63 bits per heavy atom. The van der Waals surface area contributed by atoms with Crippen molar-refractivity contribution in [3.63, 3.8) is 0 Å². The van der Waals surface area contributed by atoms with Crippen LogP contribution in [-0.2, 0) is 10.1 Å². The van der Waals surface area contributed by atoms with Crippen LogP contribution >= 0.6 is 23.1 Å². The molecule has 0 radical (unpaired) electrons. The van der Waals surface area contributed by atoms with Gasteiger partial charge < -0.3 is 4.18 Å². The number of anilines is 1. The van der Waals surface area contributed by atoms with E-state index in [4.69, 9.17) is 4.18 Å². The van der Waals surface area contributed by atoms with Crippen LogP contribution in [0.5, 0.6) is 5.75 Å². The summed E-state index contributed by atoms with van der Waals surface area (Å²) in [6, 6.07) is 9.91. The van der Waals surface area contributed by atoms with Gasteiger partial charge in [-0.15, -0.1) is 10.2 Å². The number of benzene rings is 2. The van der Waals surface area contributed by atoms with E-state index < -0.39 is 20.9 Å². The van der Waals surface area contributed by atoms with Crippen molar-refractivity contribution < 1.29 is 22.3 Å². The standard InChI is InChI=1S/C17H14N4O6S3/c1-2-28-17-20-19-16(29-17)18-15(22)11-6-8-13(9-7-11)27-30(25,26)14-5-3-4-12(10-14)21(23)24/h3-10H,2H2,1H3,(H,18,19,22). The number of nitro benzene ring substituents is 1. The Kier molecular flexibility index (Phi) is 6.64. The number of thioether (sulfide) groups is 1. The lowest BCUT2D eigenvalue weighted by Crippen LogP contribution is -2.12. The molecule has 0 saturated heterocycles. The highest BCUT2D eigenvalue weighted by Crippen LogP contribution is 2.26. The zero-order valence-electron chi connectivity index (χ0n) is 15.3. The number of amides is 1. The molecule has 0 aliphatic rings. The predicted molar refractivity (Wildman–Crippen MR) is 112 cm³/mol. The molecule has 30 heavy (non-hydrogen) atoms. The fourth-order valence-corrected chi connectivity index (χ4v) is 4.82. The van der Waals surface area contributed by atoms with Crippen molar-refractivity contribution in [3.05, 3.63) is 64.2 Å². The molecule has 1 amide bonds. The molecule has 156 valence electrons. The first-order valence-corrected chi connectivity index (χ1v) is 11.6. The maximum absolute atomic E-state index is 12.4. The van der Waals surface area contributed by atoms with E-state index in [-0.39, 0.29) is 21.9 Å². The summed E-state index contributed by atoms with van der Waals surface area (Å²) in [7, 11) is -4.28. The van der Waals surface area contributed by atoms with E-state index in [2.05, 4.69) is 15.5 Å². The third kappa shape index (κ3) is 5.31. The van der Waals surface area contributed by atoms with E-state index >= 15 is 0 Å². The van der Waals surface area contributed by atoms with Gasteiger partial charge in [0, 0.05) is 17.7 Å². The molecule has 0 atom stereocenters. The van der Waals surface area contributed by atoms with E-state index in [1.807, 2.05) is 6.92 Å². The summed E-state index contributed by atoms with van der Waals surface area (Å²) in [4.78, 5) is 22.1. The zero-order chi connectivity index (χ0) is 21.7. The number of nitrogens with one attached hydrogen (secondary N) is 1. The molecule has 0 saturated carbocycles. The third-order valence-electron chi connectivity index (χ3n) is 3.53. The second-order valence-electron chi connectivity index (χ2n) is 5.58. The summed E-state index contributed by atoms with van der Waals surface area (Å²) in [6.07, 6.45) is 0. The number of carbonyl (C=O) groups is 1. The van der Waals surface area contributed by atoms with E-state index in [9.17, 15) is 23.3 Å². The van der Waals surface area contributed by atoms with Gasteiger partial charge in [-0.05, 0) is 36.1 Å². The Bertz CT molecular complexity index is 1180. The molecule has 0 bridgehead atoms. The molecule has 0 aliphatic carbocycles. The van der Waals surface area contributed by atoms with Gasteiger partial charge in [-0.2, -0.15) is 8.42 Å². The van der Waals surface area contributed by atoms with Crippen molar-refractivity contribution in [2.45, 2.75) is 16.2 Å². The highest BCUT2D eigenvalue weighted by atomic mass is 32.2. The predicted octanol–water partition coefficient (Wildman–Crippen LogP) is 3.58. The number of hydrogen-bond donors (Lipinski definition) is 1. The lowest BCUT2D eigenvalue weighted by Gasteiger charge is -2.08. The minimum absolute atomic E-state index is 0.0457. The van der Waals surface area contributed by atoms with Crippen molar-refractivity contribution in [2.24, 2.45) is 0 Å². The number of nitro groups is 1. The minimum atomic E-state index is -4.28. The van der Waals surface area contributed by atoms with Crippen molar-refractivity contribution >= 4 is 49.9 Å². The van der Waals surface area contributed by atoms with Crippen molar-refractivity contribution in [3.8, 4) is 5.75 Å². The summed E-state index contributed by atoms with van der Waals surface area (Å²) in [5.41, 5.74) is -0.112. The molecule has 3 rings (SSSR count). The minimum Gasteiger partial charge on any atom is -0.379 e. The normalized spacial score (nSPS) is 11.1. The summed E-state index contributed by atoms with van der Waals surface area (Å²) in [5.74, 6) is 0.353. The number of carbonyl (C=O) groups excluding carboxylic acids is 1. The Balaban J connectivity index is 1.69. The SMILES string of the molecule is CCSc1nnc(NC(=O)c2ccc(OS(=O)(=O)c3cccc([N+](=O)[O-])c3)cc2)s1. The fourth-order valence-electron chi connectivity index (χ4n) is 2.20. The average Bonchev–Trinajstić information content (AvgIpc) is 3.15. The van der Waals surface area contributed by atoms with Crippen LogP contribution in [0.1, 0.15) is 17.3 Å². The van der Waals surface area contributed by atoms with Crippen LogP contribution in [0.3, 0.4) is 0 Å². The summed E-state index contributed by atoms with van der Waals surface area (Å²) in [5, 5.41) is 21.6. The van der Waals surface area contributed by atoms with Crippen LogP contribution in [0.2, 0.25) is 0 Å². The zero-order valence-corrected chi connectivity index (χ0v) is 17.8. The first kappa shape index (κ1) is 21.7. The Hall–Kier alpha value is -3.03. The van der Waals surface area contributed by atoms with Crippen LogP contribution in [0.4, 0.5) is 10.8 Å². The molecule has 10 nitrogen and oxygen atoms in total. The molecule has 1 heterocycles. The number of aromatic nitrogens is 2. The van der Waals surface area contributed by atoms with E-state index in [0.29, 0.717) is 5.13 Å². The lowest BCUT2D eigenvalue weighted by molar-refractivity contribution is -0.385. The maximum Gasteiger partial charge on any atom is 0.339 e. The molecule has 1 aromatic heterocycles. The summed E-state index contributed by atoms with van der Waals surface area (Å²) >= 11 is 2.76. The number of non-ortho nitro benzene ring substituents is 1. The first-order valence-electron chi connectivity index (χ1n) is 8.35. The fraction of sp³-hybridized carbons (Fsp3) is 0.118. The van der Waals surface area contributed by atoms with Crippen LogP contribution in [0, 0.1) is 10.1 Å². The van der Waals surface area contributed by atoms with Crippen LogP contribution in [0.15, 0.2) is 57.8 Å². The molecular formula is C17H14N4O6S3. The molecular weight excluding hydrogens is 452 g/mol. The molecule has 0 spiro atoms. The van der Waals surface area contributed by atoms with Crippen LogP contribution in [0.25, 0.3) is 0 Å². The van der Waals surface area contributed by atoms with Crippen molar-refractivity contribution in [2.75, 3.05) is 11.1 Å². The Labute approximate surface area is 179 Å². The quantitative estimate of drug-likeness (QED) is 0.173. The first-order chi connectivity index (χ1) is 14.3. The number of nitrogens with zero attached hydrogens (tertiary/aromatic N) is 3.